The van der Waals surface area contributed by atoms with Crippen molar-refractivity contribution in [1.82, 2.24) is 44.8 Å². The molecular weight excluding hydrogens is 831 g/mol. The van der Waals surface area contributed by atoms with Crippen LogP contribution in [0.25, 0.3) is 44.3 Å². The summed E-state index contributed by atoms with van der Waals surface area (Å²) < 4.78 is 0. The fraction of sp³-hybridized carbons (Fsp3) is 0.260. The topological polar surface area (TPSA) is 145 Å². The van der Waals surface area contributed by atoms with Gasteiger partial charge in [-0.05, 0) is 98.3 Å². The fourth-order valence-electron chi connectivity index (χ4n) is 8.15. The Morgan fingerprint density at radius 1 is 0.631 bits per heavy atom. The Morgan fingerprint density at radius 3 is 1.83 bits per heavy atom. The molecule has 6 aromatic heterocycles. The van der Waals surface area contributed by atoms with Gasteiger partial charge in [0.1, 0.15) is 24.3 Å². The van der Waals surface area contributed by atoms with Gasteiger partial charge in [0, 0.05) is 135 Å². The summed E-state index contributed by atoms with van der Waals surface area (Å²) in [5, 5.41) is 5.47. The molecule has 0 aliphatic carbocycles. The van der Waals surface area contributed by atoms with Crippen molar-refractivity contribution in [3.63, 3.8) is 0 Å². The molecule has 0 spiro atoms. The third-order valence-corrected chi connectivity index (χ3v) is 12.8. The number of hydrogen-bond donors (Lipinski definition) is 1. The molecule has 1 N–H and O–H groups in total. The quantitative estimate of drug-likeness (QED) is 0.148. The van der Waals surface area contributed by atoms with Crippen molar-refractivity contribution >= 4 is 68.2 Å². The van der Waals surface area contributed by atoms with Crippen molar-refractivity contribution in [2.24, 2.45) is 0 Å². The molecule has 2 aliphatic rings. The van der Waals surface area contributed by atoms with Crippen LogP contribution >= 0.6 is 11.8 Å². The number of fused-ring (bicyclic) bond motifs is 2. The van der Waals surface area contributed by atoms with E-state index in [0.717, 1.165) is 124 Å². The maximum atomic E-state index is 11.6. The second-order valence-corrected chi connectivity index (χ2v) is 17.4. The van der Waals surface area contributed by atoms with E-state index < -0.39 is 0 Å². The SMILES string of the molecule is CC(=O)N1CCN(c2ccc3c(N(C)c4ccc(-c5ccnc(C)c5)nc4)ncnc3c2)CC1.Cc1cc(-c2ccc(CNc3ncnc4cc(N5CCSCC5)ccc34)cn2)ccn1. The highest BCUT2D eigenvalue weighted by atomic mass is 32.2. The van der Waals surface area contributed by atoms with E-state index in [9.17, 15) is 4.79 Å². The number of nitrogens with zero attached hydrogens (tertiary/aromatic N) is 12. The van der Waals surface area contributed by atoms with E-state index in [1.54, 1.807) is 25.8 Å². The molecule has 2 aliphatic heterocycles. The van der Waals surface area contributed by atoms with Gasteiger partial charge in [-0.1, -0.05) is 6.07 Å². The summed E-state index contributed by atoms with van der Waals surface area (Å²) >= 11 is 2.02. The molecule has 1 amide bonds. The average molecular weight is 882 g/mol. The van der Waals surface area contributed by atoms with Gasteiger partial charge in [0.05, 0.1) is 34.3 Å². The van der Waals surface area contributed by atoms with Crippen molar-refractivity contribution in [3.8, 4) is 22.5 Å². The molecule has 14 nitrogen and oxygen atoms in total. The summed E-state index contributed by atoms with van der Waals surface area (Å²) in [4.78, 5) is 56.1. The number of nitrogens with one attached hydrogen (secondary N) is 1. The van der Waals surface area contributed by atoms with Gasteiger partial charge >= 0.3 is 0 Å². The van der Waals surface area contributed by atoms with Gasteiger partial charge in [-0.2, -0.15) is 11.8 Å². The molecule has 2 fully saturated rings. The van der Waals surface area contributed by atoms with Gasteiger partial charge in [0.2, 0.25) is 5.91 Å². The van der Waals surface area contributed by atoms with Crippen molar-refractivity contribution < 1.29 is 4.79 Å². The number of aromatic nitrogens is 8. The molecule has 65 heavy (non-hydrogen) atoms. The summed E-state index contributed by atoms with van der Waals surface area (Å²) in [6.07, 6.45) is 10.6. The predicted octanol–water partition coefficient (Wildman–Crippen LogP) is 8.39. The van der Waals surface area contributed by atoms with Crippen LogP contribution in [0.5, 0.6) is 0 Å². The lowest BCUT2D eigenvalue weighted by molar-refractivity contribution is -0.129. The number of amides is 1. The lowest BCUT2D eigenvalue weighted by atomic mass is 10.1. The van der Waals surface area contributed by atoms with Crippen LogP contribution in [0.1, 0.15) is 23.9 Å². The van der Waals surface area contributed by atoms with Crippen LogP contribution in [-0.2, 0) is 11.3 Å². The summed E-state index contributed by atoms with van der Waals surface area (Å²) in [7, 11) is 1.99. The molecule has 2 aromatic carbocycles. The number of rotatable bonds is 9. The van der Waals surface area contributed by atoms with E-state index in [1.165, 1.54) is 17.2 Å². The van der Waals surface area contributed by atoms with Gasteiger partial charge in [-0.3, -0.25) is 24.7 Å². The zero-order chi connectivity index (χ0) is 44.7. The van der Waals surface area contributed by atoms with Crippen LogP contribution in [0, 0.1) is 13.8 Å². The van der Waals surface area contributed by atoms with E-state index >= 15 is 0 Å². The van der Waals surface area contributed by atoms with Gasteiger partial charge in [-0.25, -0.2) is 19.9 Å². The van der Waals surface area contributed by atoms with Crippen LogP contribution in [0.3, 0.4) is 0 Å². The summed E-state index contributed by atoms with van der Waals surface area (Å²) in [6.45, 7) is 11.6. The van der Waals surface area contributed by atoms with Crippen molar-refractivity contribution in [3.05, 3.63) is 139 Å². The zero-order valence-electron chi connectivity index (χ0n) is 37.1. The number of piperazine rings is 1. The molecule has 0 atom stereocenters. The third-order valence-electron chi connectivity index (χ3n) is 11.8. The zero-order valence-corrected chi connectivity index (χ0v) is 37.9. The van der Waals surface area contributed by atoms with E-state index in [-0.39, 0.29) is 5.91 Å². The number of aryl methyl sites for hydroxylation is 2. The van der Waals surface area contributed by atoms with E-state index in [2.05, 4.69) is 104 Å². The number of hydrogen-bond acceptors (Lipinski definition) is 14. The van der Waals surface area contributed by atoms with Crippen molar-refractivity contribution in [2.75, 3.05) is 77.8 Å². The first-order valence-electron chi connectivity index (χ1n) is 21.8. The Bertz CT molecular complexity index is 2920. The first-order valence-corrected chi connectivity index (χ1v) is 23.0. The number of carbonyl (C=O) groups excluding carboxylic acids is 1. The average Bonchev–Trinajstić information content (AvgIpc) is 3.35. The molecule has 0 bridgehead atoms. The molecule has 8 aromatic rings. The molecule has 0 saturated carbocycles. The normalized spacial score (nSPS) is 13.9. The summed E-state index contributed by atoms with van der Waals surface area (Å²) in [5.74, 6) is 4.17. The van der Waals surface area contributed by atoms with Crippen LogP contribution in [0.2, 0.25) is 0 Å². The lowest BCUT2D eigenvalue weighted by Crippen LogP contribution is -2.48. The first kappa shape index (κ1) is 43.0. The van der Waals surface area contributed by atoms with E-state index in [1.807, 2.05) is 97.4 Å². The van der Waals surface area contributed by atoms with E-state index in [4.69, 9.17) is 0 Å². The lowest BCUT2D eigenvalue weighted by Gasteiger charge is -2.35. The molecule has 15 heteroatoms. The van der Waals surface area contributed by atoms with Gasteiger partial charge in [0.15, 0.2) is 0 Å². The number of anilines is 5. The highest BCUT2D eigenvalue weighted by Gasteiger charge is 2.20. The van der Waals surface area contributed by atoms with Crippen LogP contribution in [0.4, 0.5) is 28.7 Å². The predicted molar refractivity (Wildman–Crippen MR) is 263 cm³/mol. The third kappa shape index (κ3) is 10.1. The van der Waals surface area contributed by atoms with Crippen LogP contribution < -0.4 is 20.0 Å². The number of benzene rings is 2. The molecule has 0 unspecified atom stereocenters. The minimum Gasteiger partial charge on any atom is -0.370 e. The maximum Gasteiger partial charge on any atom is 0.219 e. The van der Waals surface area contributed by atoms with Gasteiger partial charge in [0.25, 0.3) is 0 Å². The van der Waals surface area contributed by atoms with Crippen molar-refractivity contribution in [1.29, 1.82) is 0 Å². The van der Waals surface area contributed by atoms with Crippen molar-refractivity contribution in [2.45, 2.75) is 27.3 Å². The highest BCUT2D eigenvalue weighted by molar-refractivity contribution is 7.99. The van der Waals surface area contributed by atoms with Crippen LogP contribution in [0.15, 0.2) is 122 Å². The summed E-state index contributed by atoms with van der Waals surface area (Å²) in [6, 6.07) is 29.0. The number of thioether (sulfide) groups is 1. The van der Waals surface area contributed by atoms with Gasteiger partial charge < -0.3 is 24.9 Å². The Kier molecular flexibility index (Phi) is 13.0. The maximum absolute atomic E-state index is 11.6. The number of pyridine rings is 4. The Balaban J connectivity index is 0.000000165. The molecule has 0 radical (unpaired) electrons. The smallest absolute Gasteiger partial charge is 0.219 e. The standard InChI is InChI=1S/C26H27N7O.C24H24N6S/c1-18-14-20(8-9-27-18)24-7-5-22(16-28-24)31(3)26-23-6-4-21(15-25(23)29-17-30-26)33-12-10-32(11-13-33)19(2)34;1-17-12-19(6-7-25-17)22-5-2-18(14-26-22)15-27-24-21-4-3-20(13-23(21)28-16-29-24)30-8-10-31-11-9-30/h4-9,14-17H,10-13H2,1-3H3;2-7,12-14,16H,8-11,15H2,1H3,(H,27,28,29). The second-order valence-electron chi connectivity index (χ2n) is 16.2. The Morgan fingerprint density at radius 2 is 1.23 bits per heavy atom. The van der Waals surface area contributed by atoms with Gasteiger partial charge in [-0.15, -0.1) is 0 Å². The molecule has 328 valence electrons. The van der Waals surface area contributed by atoms with Crippen LogP contribution in [-0.4, -0.2) is 109 Å². The monoisotopic (exact) mass is 881 g/mol. The minimum atomic E-state index is 0.136. The molecule has 10 rings (SSSR count). The molecular formula is C50H51N13OS. The largest absolute Gasteiger partial charge is 0.370 e. The highest BCUT2D eigenvalue weighted by Crippen LogP contribution is 2.32. The summed E-state index contributed by atoms with van der Waals surface area (Å²) in [5.41, 5.74) is 12.2. The second kappa shape index (κ2) is 19.6. The molecule has 2 saturated heterocycles. The number of carbonyl (C=O) groups is 1. The Hall–Kier alpha value is -7.26. The fourth-order valence-corrected chi connectivity index (χ4v) is 9.06. The Labute approximate surface area is 383 Å². The van der Waals surface area contributed by atoms with E-state index in [0.29, 0.717) is 6.54 Å². The first-order chi connectivity index (χ1) is 31.8. The minimum absolute atomic E-state index is 0.136. The molecule has 8 heterocycles.